The van der Waals surface area contributed by atoms with Crippen LogP contribution in [0, 0.1) is 11.6 Å². The Morgan fingerprint density at radius 2 is 1.89 bits per heavy atom. The molecule has 0 bridgehead atoms. The van der Waals surface area contributed by atoms with Gasteiger partial charge in [-0.05, 0) is 36.4 Å². The number of halogens is 3. The molecule has 0 fully saturated rings. The lowest BCUT2D eigenvalue weighted by molar-refractivity contribution is -0.135. The lowest BCUT2D eigenvalue weighted by Gasteiger charge is -2.26. The van der Waals surface area contributed by atoms with E-state index in [9.17, 15) is 18.4 Å². The van der Waals surface area contributed by atoms with Crippen molar-refractivity contribution in [1.29, 1.82) is 0 Å². The Hall–Kier alpha value is -2.80. The number of hydrogen-bond acceptors (Lipinski definition) is 3. The maximum Gasteiger partial charge on any atom is 0.248 e. The average molecular weight is 392 g/mol. The van der Waals surface area contributed by atoms with Crippen LogP contribution in [0.1, 0.15) is 18.4 Å². The Balaban J connectivity index is 1.79. The fraction of sp³-hybridized carbons (Fsp3) is 0.211. The number of likely N-dealkylation sites (N-methyl/N-ethyl adjacent to an activating group) is 1. The molecule has 0 saturated heterocycles. The van der Waals surface area contributed by atoms with Gasteiger partial charge in [0.05, 0.1) is 5.71 Å². The first-order valence-electron chi connectivity index (χ1n) is 8.20. The molecule has 8 heteroatoms. The summed E-state index contributed by atoms with van der Waals surface area (Å²) in [5.41, 5.74) is 1.03. The standard InChI is InChI=1S/C19H16ClF2N3O2/c1-24(14-5-2-12(20)3-6-14)19(27)11-25-18(26)9-8-17(23-25)15-7-4-13(21)10-16(15)22/h2-7,10H,8-9,11H2,1H3. The molecular formula is C19H16ClF2N3O2. The lowest BCUT2D eigenvalue weighted by Crippen LogP contribution is -2.41. The van der Waals surface area contributed by atoms with E-state index in [1.165, 1.54) is 11.0 Å². The van der Waals surface area contributed by atoms with Crippen molar-refractivity contribution in [2.24, 2.45) is 5.10 Å². The van der Waals surface area contributed by atoms with Crippen molar-refractivity contribution in [1.82, 2.24) is 5.01 Å². The van der Waals surface area contributed by atoms with Gasteiger partial charge in [-0.25, -0.2) is 13.8 Å². The molecule has 0 unspecified atom stereocenters. The summed E-state index contributed by atoms with van der Waals surface area (Å²) in [5, 5.41) is 5.69. The molecule has 0 saturated carbocycles. The van der Waals surface area contributed by atoms with E-state index in [1.807, 2.05) is 0 Å². The van der Waals surface area contributed by atoms with Crippen molar-refractivity contribution < 1.29 is 18.4 Å². The highest BCUT2D eigenvalue weighted by Crippen LogP contribution is 2.20. The van der Waals surface area contributed by atoms with Gasteiger partial charge in [0.25, 0.3) is 0 Å². The predicted molar refractivity (Wildman–Crippen MR) is 98.7 cm³/mol. The van der Waals surface area contributed by atoms with Gasteiger partial charge in [0.1, 0.15) is 18.2 Å². The Kier molecular flexibility index (Phi) is 5.51. The molecule has 140 valence electrons. The number of benzene rings is 2. The van der Waals surface area contributed by atoms with E-state index in [0.29, 0.717) is 16.4 Å². The van der Waals surface area contributed by atoms with E-state index >= 15 is 0 Å². The van der Waals surface area contributed by atoms with Gasteiger partial charge in [0, 0.05) is 42.2 Å². The van der Waals surface area contributed by atoms with E-state index in [2.05, 4.69) is 5.10 Å². The number of hydrazone groups is 1. The number of carbonyl (C=O) groups excluding carboxylic acids is 2. The van der Waals surface area contributed by atoms with E-state index in [4.69, 9.17) is 11.6 Å². The number of amides is 2. The molecule has 0 spiro atoms. The number of carbonyl (C=O) groups is 2. The topological polar surface area (TPSA) is 53.0 Å². The molecule has 3 rings (SSSR count). The van der Waals surface area contributed by atoms with E-state index in [1.54, 1.807) is 31.3 Å². The van der Waals surface area contributed by atoms with Crippen molar-refractivity contribution in [2.45, 2.75) is 12.8 Å². The summed E-state index contributed by atoms with van der Waals surface area (Å²) in [4.78, 5) is 26.0. The lowest BCUT2D eigenvalue weighted by atomic mass is 10.0. The van der Waals surface area contributed by atoms with Gasteiger partial charge < -0.3 is 4.90 Å². The van der Waals surface area contributed by atoms with Crippen LogP contribution in [0.5, 0.6) is 0 Å². The minimum atomic E-state index is -0.757. The smallest absolute Gasteiger partial charge is 0.248 e. The maximum absolute atomic E-state index is 14.0. The summed E-state index contributed by atoms with van der Waals surface area (Å²) in [6.45, 7) is -0.287. The van der Waals surface area contributed by atoms with Crippen LogP contribution in [0.3, 0.4) is 0 Å². The normalized spacial score (nSPS) is 14.1. The molecule has 2 amide bonds. The fourth-order valence-corrected chi connectivity index (χ4v) is 2.81. The number of nitrogens with zero attached hydrogens (tertiary/aromatic N) is 3. The Morgan fingerprint density at radius 3 is 2.56 bits per heavy atom. The third kappa shape index (κ3) is 4.31. The largest absolute Gasteiger partial charge is 0.314 e. The predicted octanol–water partition coefficient (Wildman–Crippen LogP) is 3.61. The van der Waals surface area contributed by atoms with E-state index in [0.717, 1.165) is 17.1 Å². The summed E-state index contributed by atoms with van der Waals surface area (Å²) >= 11 is 5.84. The summed E-state index contributed by atoms with van der Waals surface area (Å²) in [7, 11) is 1.57. The van der Waals surface area contributed by atoms with Crippen LogP contribution < -0.4 is 4.90 Å². The van der Waals surface area contributed by atoms with E-state index in [-0.39, 0.29) is 36.8 Å². The Labute approximate surface area is 159 Å². The van der Waals surface area contributed by atoms with Gasteiger partial charge in [-0.2, -0.15) is 5.10 Å². The molecule has 0 radical (unpaired) electrons. The highest BCUT2D eigenvalue weighted by Gasteiger charge is 2.26. The quantitative estimate of drug-likeness (QED) is 0.799. The van der Waals surface area contributed by atoms with Crippen LogP contribution in [0.25, 0.3) is 0 Å². The van der Waals surface area contributed by atoms with Crippen LogP contribution >= 0.6 is 11.6 Å². The molecule has 1 heterocycles. The SMILES string of the molecule is CN(C(=O)CN1N=C(c2ccc(F)cc2F)CCC1=O)c1ccc(Cl)cc1. The van der Waals surface area contributed by atoms with Crippen LogP contribution in [-0.2, 0) is 9.59 Å². The third-order valence-electron chi connectivity index (χ3n) is 4.22. The molecular weight excluding hydrogens is 376 g/mol. The fourth-order valence-electron chi connectivity index (χ4n) is 2.68. The van der Waals surface area contributed by atoms with Crippen molar-refractivity contribution in [3.05, 3.63) is 64.7 Å². The third-order valence-corrected chi connectivity index (χ3v) is 4.47. The first kappa shape index (κ1) is 19.0. The minimum absolute atomic E-state index is 0.0909. The van der Waals surface area contributed by atoms with Crippen LogP contribution in [0.15, 0.2) is 47.6 Å². The van der Waals surface area contributed by atoms with Crippen LogP contribution in [-0.4, -0.2) is 36.1 Å². The average Bonchev–Trinajstić information content (AvgIpc) is 2.64. The zero-order valence-corrected chi connectivity index (χ0v) is 15.2. The molecule has 1 aliphatic heterocycles. The minimum Gasteiger partial charge on any atom is -0.314 e. The molecule has 5 nitrogen and oxygen atoms in total. The molecule has 2 aromatic carbocycles. The summed E-state index contributed by atoms with van der Waals surface area (Å²) in [6, 6.07) is 9.83. The molecule has 0 atom stereocenters. The number of anilines is 1. The first-order chi connectivity index (χ1) is 12.8. The molecule has 0 aliphatic carbocycles. The van der Waals surface area contributed by atoms with Gasteiger partial charge >= 0.3 is 0 Å². The highest BCUT2D eigenvalue weighted by atomic mass is 35.5. The van der Waals surface area contributed by atoms with Crippen molar-refractivity contribution in [3.63, 3.8) is 0 Å². The first-order valence-corrected chi connectivity index (χ1v) is 8.58. The molecule has 2 aromatic rings. The van der Waals surface area contributed by atoms with Crippen molar-refractivity contribution in [2.75, 3.05) is 18.5 Å². The van der Waals surface area contributed by atoms with Crippen molar-refractivity contribution in [3.8, 4) is 0 Å². The number of rotatable bonds is 4. The Bertz CT molecular complexity index is 916. The highest BCUT2D eigenvalue weighted by molar-refractivity contribution is 6.30. The number of hydrogen-bond donors (Lipinski definition) is 0. The van der Waals surface area contributed by atoms with Crippen LogP contribution in [0.2, 0.25) is 5.02 Å². The molecule has 27 heavy (non-hydrogen) atoms. The van der Waals surface area contributed by atoms with Gasteiger partial charge in [-0.1, -0.05) is 11.6 Å². The van der Waals surface area contributed by atoms with Gasteiger partial charge in [-0.3, -0.25) is 9.59 Å². The van der Waals surface area contributed by atoms with Gasteiger partial charge in [0.15, 0.2) is 0 Å². The Morgan fingerprint density at radius 1 is 1.19 bits per heavy atom. The van der Waals surface area contributed by atoms with Crippen LogP contribution in [0.4, 0.5) is 14.5 Å². The zero-order valence-electron chi connectivity index (χ0n) is 14.5. The van der Waals surface area contributed by atoms with Gasteiger partial charge in [0.2, 0.25) is 11.8 Å². The second-order valence-electron chi connectivity index (χ2n) is 6.05. The monoisotopic (exact) mass is 391 g/mol. The van der Waals surface area contributed by atoms with Crippen molar-refractivity contribution >= 4 is 34.8 Å². The summed E-state index contributed by atoms with van der Waals surface area (Å²) < 4.78 is 27.1. The molecule has 1 aliphatic rings. The zero-order chi connectivity index (χ0) is 19.6. The maximum atomic E-state index is 14.0. The van der Waals surface area contributed by atoms with Gasteiger partial charge in [-0.15, -0.1) is 0 Å². The summed E-state index contributed by atoms with van der Waals surface area (Å²) in [5.74, 6) is -2.15. The molecule has 0 aromatic heterocycles. The molecule has 0 N–H and O–H groups in total. The summed E-state index contributed by atoms with van der Waals surface area (Å²) in [6.07, 6.45) is 0.312. The van der Waals surface area contributed by atoms with E-state index < -0.39 is 11.6 Å². The second-order valence-corrected chi connectivity index (χ2v) is 6.49. The second kappa shape index (κ2) is 7.84.